The smallest absolute Gasteiger partial charge is 0.259 e. The lowest BCUT2D eigenvalue weighted by Gasteiger charge is -2.12. The molecule has 3 aromatic rings. The van der Waals surface area contributed by atoms with E-state index in [1.54, 1.807) is 12.1 Å². The van der Waals surface area contributed by atoms with Gasteiger partial charge in [0.25, 0.3) is 5.91 Å². The van der Waals surface area contributed by atoms with Crippen LogP contribution in [0.1, 0.15) is 10.4 Å². The molecule has 25 heavy (non-hydrogen) atoms. The van der Waals surface area contributed by atoms with Crippen molar-refractivity contribution in [3.63, 3.8) is 0 Å². The summed E-state index contributed by atoms with van der Waals surface area (Å²) in [5, 5.41) is 5.34. The Labute approximate surface area is 147 Å². The molecule has 1 heterocycles. The van der Waals surface area contributed by atoms with Gasteiger partial charge in [0.2, 0.25) is 0 Å². The maximum atomic E-state index is 13.7. The van der Waals surface area contributed by atoms with Crippen molar-refractivity contribution in [1.82, 2.24) is 4.98 Å². The molecule has 1 aromatic heterocycles. The van der Waals surface area contributed by atoms with Gasteiger partial charge in [0.15, 0.2) is 0 Å². The molecule has 126 valence electrons. The summed E-state index contributed by atoms with van der Waals surface area (Å²) in [6.07, 6.45) is 1.49. The monoisotopic (exact) mass is 359 g/mol. The molecule has 0 aliphatic carbocycles. The van der Waals surface area contributed by atoms with Gasteiger partial charge in [-0.25, -0.2) is 13.8 Å². The molecule has 4 nitrogen and oxygen atoms in total. The molecule has 0 bridgehead atoms. The van der Waals surface area contributed by atoms with E-state index in [4.69, 9.17) is 11.6 Å². The standard InChI is InChI=1S/C18H12ClF2N3O/c19-13-10-11(7-8-14(13)20)23-17-12(4-3-9-22-17)18(25)24-16-6-2-1-5-15(16)21/h1-10H,(H,22,23)(H,24,25). The first kappa shape index (κ1) is 16.9. The van der Waals surface area contributed by atoms with Crippen LogP contribution in [-0.2, 0) is 0 Å². The third-order valence-corrected chi connectivity index (χ3v) is 3.65. The van der Waals surface area contributed by atoms with Crippen LogP contribution in [0.2, 0.25) is 5.02 Å². The summed E-state index contributed by atoms with van der Waals surface area (Å²) in [4.78, 5) is 16.6. The maximum Gasteiger partial charge on any atom is 0.259 e. The summed E-state index contributed by atoms with van der Waals surface area (Å²) in [6.45, 7) is 0. The average molecular weight is 360 g/mol. The number of benzene rings is 2. The van der Waals surface area contributed by atoms with Crippen molar-refractivity contribution in [2.24, 2.45) is 0 Å². The number of rotatable bonds is 4. The number of carbonyl (C=O) groups is 1. The third kappa shape index (κ3) is 3.92. The van der Waals surface area contributed by atoms with E-state index in [2.05, 4.69) is 15.6 Å². The zero-order chi connectivity index (χ0) is 17.8. The molecule has 0 saturated heterocycles. The molecule has 0 unspecified atom stereocenters. The zero-order valence-electron chi connectivity index (χ0n) is 12.8. The summed E-state index contributed by atoms with van der Waals surface area (Å²) in [5.41, 5.74) is 0.725. The first-order valence-corrected chi connectivity index (χ1v) is 7.65. The zero-order valence-corrected chi connectivity index (χ0v) is 13.5. The van der Waals surface area contributed by atoms with Crippen LogP contribution in [0.3, 0.4) is 0 Å². The number of halogens is 3. The number of hydrogen-bond acceptors (Lipinski definition) is 3. The van der Waals surface area contributed by atoms with Gasteiger partial charge in [-0.1, -0.05) is 23.7 Å². The molecule has 2 N–H and O–H groups in total. The second-order valence-electron chi connectivity index (χ2n) is 5.09. The lowest BCUT2D eigenvalue weighted by atomic mass is 10.2. The van der Waals surface area contributed by atoms with E-state index >= 15 is 0 Å². The Morgan fingerprint density at radius 3 is 2.56 bits per heavy atom. The molecule has 1 amide bonds. The van der Waals surface area contributed by atoms with Crippen LogP contribution >= 0.6 is 11.6 Å². The van der Waals surface area contributed by atoms with Crippen LogP contribution in [0.15, 0.2) is 60.8 Å². The average Bonchev–Trinajstić information content (AvgIpc) is 2.60. The molecule has 0 fully saturated rings. The van der Waals surface area contributed by atoms with Crippen molar-refractivity contribution in [2.45, 2.75) is 0 Å². The van der Waals surface area contributed by atoms with Gasteiger partial charge >= 0.3 is 0 Å². The molecule has 2 aromatic carbocycles. The molecule has 0 atom stereocenters. The van der Waals surface area contributed by atoms with Gasteiger partial charge in [0.05, 0.1) is 16.3 Å². The molecule has 0 spiro atoms. The maximum absolute atomic E-state index is 13.7. The number of para-hydroxylation sites is 1. The van der Waals surface area contributed by atoms with Gasteiger partial charge in [-0.15, -0.1) is 0 Å². The molecule has 0 aliphatic rings. The van der Waals surface area contributed by atoms with Crippen molar-refractivity contribution in [1.29, 1.82) is 0 Å². The Morgan fingerprint density at radius 2 is 1.80 bits per heavy atom. The second-order valence-corrected chi connectivity index (χ2v) is 5.49. The topological polar surface area (TPSA) is 54.0 Å². The molecule has 3 rings (SSSR count). The predicted molar refractivity (Wildman–Crippen MR) is 93.3 cm³/mol. The number of aromatic nitrogens is 1. The lowest BCUT2D eigenvalue weighted by Crippen LogP contribution is -2.15. The highest BCUT2D eigenvalue weighted by atomic mass is 35.5. The van der Waals surface area contributed by atoms with Gasteiger partial charge in [-0.3, -0.25) is 4.79 Å². The van der Waals surface area contributed by atoms with Crippen LogP contribution in [-0.4, -0.2) is 10.9 Å². The Morgan fingerprint density at radius 1 is 1.00 bits per heavy atom. The largest absolute Gasteiger partial charge is 0.340 e. The number of carbonyl (C=O) groups excluding carboxylic acids is 1. The van der Waals surface area contributed by atoms with E-state index < -0.39 is 17.5 Å². The molecular weight excluding hydrogens is 348 g/mol. The van der Waals surface area contributed by atoms with Crippen molar-refractivity contribution in [3.05, 3.63) is 83.0 Å². The normalized spacial score (nSPS) is 10.4. The van der Waals surface area contributed by atoms with E-state index in [1.807, 2.05) is 0 Å². The Kier molecular flexibility index (Phi) is 4.90. The minimum atomic E-state index is -0.550. The molecule has 0 saturated carbocycles. The van der Waals surface area contributed by atoms with Gasteiger partial charge in [0.1, 0.15) is 17.5 Å². The van der Waals surface area contributed by atoms with Crippen LogP contribution in [0, 0.1) is 11.6 Å². The summed E-state index contributed by atoms with van der Waals surface area (Å²) in [7, 11) is 0. The number of nitrogens with zero attached hydrogens (tertiary/aromatic N) is 1. The first-order valence-electron chi connectivity index (χ1n) is 7.27. The number of hydrogen-bond donors (Lipinski definition) is 2. The van der Waals surface area contributed by atoms with E-state index in [0.29, 0.717) is 5.69 Å². The minimum Gasteiger partial charge on any atom is -0.340 e. The van der Waals surface area contributed by atoms with Gasteiger partial charge in [0, 0.05) is 11.9 Å². The van der Waals surface area contributed by atoms with Crippen LogP contribution in [0.25, 0.3) is 0 Å². The Bertz CT molecular complexity index is 934. The van der Waals surface area contributed by atoms with Crippen molar-refractivity contribution >= 4 is 34.7 Å². The SMILES string of the molecule is O=C(Nc1ccccc1F)c1cccnc1Nc1ccc(F)c(Cl)c1. The molecule has 0 aliphatic heterocycles. The highest BCUT2D eigenvalue weighted by Crippen LogP contribution is 2.24. The Hall–Kier alpha value is -2.99. The third-order valence-electron chi connectivity index (χ3n) is 3.36. The van der Waals surface area contributed by atoms with Crippen molar-refractivity contribution in [3.8, 4) is 0 Å². The summed E-state index contributed by atoms with van der Waals surface area (Å²) in [5.74, 6) is -1.39. The Balaban J connectivity index is 1.86. The van der Waals surface area contributed by atoms with E-state index in [1.165, 1.54) is 48.7 Å². The number of nitrogens with one attached hydrogen (secondary N) is 2. The second kappa shape index (κ2) is 7.27. The summed E-state index contributed by atoms with van der Waals surface area (Å²) >= 11 is 5.75. The lowest BCUT2D eigenvalue weighted by molar-refractivity contribution is 0.102. The summed E-state index contributed by atoms with van der Waals surface area (Å²) < 4.78 is 26.9. The minimum absolute atomic E-state index is 0.0571. The van der Waals surface area contributed by atoms with E-state index in [0.717, 1.165) is 0 Å². The van der Waals surface area contributed by atoms with E-state index in [-0.39, 0.29) is 22.1 Å². The molecule has 7 heteroatoms. The highest BCUT2D eigenvalue weighted by Gasteiger charge is 2.14. The number of anilines is 3. The fraction of sp³-hybridized carbons (Fsp3) is 0. The van der Waals surface area contributed by atoms with Gasteiger partial charge in [-0.05, 0) is 42.5 Å². The van der Waals surface area contributed by atoms with Crippen LogP contribution in [0.4, 0.5) is 26.0 Å². The van der Waals surface area contributed by atoms with Gasteiger partial charge in [-0.2, -0.15) is 0 Å². The highest BCUT2D eigenvalue weighted by molar-refractivity contribution is 6.31. The predicted octanol–water partition coefficient (Wildman–Crippen LogP) is 5.01. The van der Waals surface area contributed by atoms with Crippen LogP contribution < -0.4 is 10.6 Å². The number of pyridine rings is 1. The molecular formula is C18H12ClF2N3O. The van der Waals surface area contributed by atoms with Crippen molar-refractivity contribution < 1.29 is 13.6 Å². The summed E-state index contributed by atoms with van der Waals surface area (Å²) in [6, 6.07) is 13.0. The van der Waals surface area contributed by atoms with Crippen LogP contribution in [0.5, 0.6) is 0 Å². The molecule has 0 radical (unpaired) electrons. The fourth-order valence-corrected chi connectivity index (χ4v) is 2.33. The van der Waals surface area contributed by atoms with Gasteiger partial charge < -0.3 is 10.6 Å². The van der Waals surface area contributed by atoms with E-state index in [9.17, 15) is 13.6 Å². The van der Waals surface area contributed by atoms with Crippen molar-refractivity contribution in [2.75, 3.05) is 10.6 Å². The quantitative estimate of drug-likeness (QED) is 0.688. The first-order chi connectivity index (χ1) is 12.0. The fourth-order valence-electron chi connectivity index (χ4n) is 2.15. The number of amides is 1.